The molecule has 868 valence electrons. The van der Waals surface area contributed by atoms with Crippen molar-refractivity contribution >= 4 is 0 Å². The van der Waals surface area contributed by atoms with E-state index in [1.807, 2.05) is 45.0 Å². The summed E-state index contributed by atoms with van der Waals surface area (Å²) in [7, 11) is 0. The summed E-state index contributed by atoms with van der Waals surface area (Å²) in [6.07, 6.45) is 85.0. The molecule has 0 aromatic carbocycles. The van der Waals surface area contributed by atoms with E-state index in [2.05, 4.69) is 346 Å². The monoisotopic (exact) mass is 2090 g/mol. The van der Waals surface area contributed by atoms with Crippen LogP contribution in [0.2, 0.25) is 0 Å². The zero-order chi connectivity index (χ0) is 111. The van der Waals surface area contributed by atoms with E-state index in [-0.39, 0.29) is 0 Å². The fourth-order valence-electron chi connectivity index (χ4n) is 17.8. The molecule has 0 N–H and O–H groups in total. The summed E-state index contributed by atoms with van der Waals surface area (Å²) in [5.41, 5.74) is 10.0. The Morgan fingerprint density at radius 2 is 0.340 bits per heavy atom. The third kappa shape index (κ3) is 85.4. The number of aromatic nitrogens is 24. The van der Waals surface area contributed by atoms with Gasteiger partial charge in [0.15, 0.2) is 0 Å². The fraction of sp³-hybridized carbons (Fsp3) is 0.873. The van der Waals surface area contributed by atoms with Crippen LogP contribution in [0, 0.1) is 94.7 Å². The van der Waals surface area contributed by atoms with Gasteiger partial charge >= 0.3 is 0 Å². The summed E-state index contributed by atoms with van der Waals surface area (Å²) in [5.74, 6) is 12.6. The Labute approximate surface area is 924 Å². The lowest BCUT2D eigenvalue weighted by molar-refractivity contribution is 0.462. The van der Waals surface area contributed by atoms with Crippen molar-refractivity contribution in [2.24, 2.45) is 94.7 Å². The zero-order valence-corrected chi connectivity index (χ0v) is 104. The van der Waals surface area contributed by atoms with Gasteiger partial charge in [-0.15, -0.1) is 40.8 Å². The van der Waals surface area contributed by atoms with Gasteiger partial charge in [0, 0.05) is 70.9 Å². The van der Waals surface area contributed by atoms with E-state index in [4.69, 9.17) is 0 Å². The van der Waals surface area contributed by atoms with Crippen molar-refractivity contribution in [3.63, 3.8) is 0 Å². The first-order chi connectivity index (χ1) is 71.7. The Bertz CT molecular complexity index is 3890. The van der Waals surface area contributed by atoms with E-state index < -0.39 is 0 Å². The van der Waals surface area contributed by atoms with E-state index in [1.54, 1.807) is 0 Å². The molecule has 0 bridgehead atoms. The van der Waals surface area contributed by atoms with Gasteiger partial charge in [-0.1, -0.05) is 462 Å². The van der Waals surface area contributed by atoms with Gasteiger partial charge in [0.25, 0.3) is 0 Å². The van der Waals surface area contributed by atoms with Crippen LogP contribution in [-0.4, -0.2) is 120 Å². The van der Waals surface area contributed by atoms with Gasteiger partial charge in [-0.2, -0.15) is 0 Å². The third-order valence-electron chi connectivity index (χ3n) is 27.7. The Morgan fingerprint density at radius 3 is 0.593 bits per heavy atom. The smallest absolute Gasteiger partial charge is 0.0827 e. The SMILES string of the molecule is CC(C)CCCCCCc1cn(CCC(C)C)nn1.CC(C)CCCCCCc1cn(CCC(C)C)nn1.CC(C)CCCCCCc1cnnn1CCC(C)C.CC(C)CCCCCCn1nncc1CCC(C)C.CC(C)CCCCCCn1nncc1CCC(C)C.CC(C)CCCCCc1cn(CC(C)C)nn1.CC(C)CCCCCn1nncc1CCCC(C)C.CC(C)CCCCCn1nncc1CCCC(C)C. The molecular weight excluding hydrogens is 1850 g/mol. The second-order valence-corrected chi connectivity index (χ2v) is 51.2. The molecule has 0 aliphatic heterocycles. The zero-order valence-electron chi connectivity index (χ0n) is 104. The number of hydrogen-bond acceptors (Lipinski definition) is 16. The number of rotatable bonds is 78. The normalized spacial score (nSPS) is 11.7. The molecule has 0 spiro atoms. The highest BCUT2D eigenvalue weighted by Gasteiger charge is 2.15. The Morgan fingerprint density at radius 1 is 0.153 bits per heavy atom. The van der Waals surface area contributed by atoms with E-state index in [9.17, 15) is 0 Å². The molecular formula is C126H244N24. The van der Waals surface area contributed by atoms with Gasteiger partial charge in [0.1, 0.15) is 0 Å². The first-order valence-corrected chi connectivity index (χ1v) is 62.7. The number of hydrogen-bond donors (Lipinski definition) is 0. The van der Waals surface area contributed by atoms with Crippen molar-refractivity contribution in [1.29, 1.82) is 0 Å². The number of unbranched alkanes of at least 4 members (excludes halogenated alkanes) is 21. The highest BCUT2D eigenvalue weighted by molar-refractivity contribution is 4.99. The lowest BCUT2D eigenvalue weighted by Gasteiger charge is -2.08. The van der Waals surface area contributed by atoms with Crippen molar-refractivity contribution in [2.45, 2.75) is 621 Å². The van der Waals surface area contributed by atoms with Crippen LogP contribution in [0.5, 0.6) is 0 Å². The van der Waals surface area contributed by atoms with E-state index >= 15 is 0 Å². The predicted octanol–water partition coefficient (Wildman–Crippen LogP) is 35.0. The largest absolute Gasteiger partial charge is 0.252 e. The molecule has 0 amide bonds. The quantitative estimate of drug-likeness (QED) is 0.0322. The van der Waals surface area contributed by atoms with E-state index in [1.165, 1.54) is 324 Å². The topological polar surface area (TPSA) is 246 Å². The van der Waals surface area contributed by atoms with Crippen molar-refractivity contribution in [3.05, 3.63) is 95.1 Å². The summed E-state index contributed by atoms with van der Waals surface area (Å²) in [6.45, 7) is 81.0. The predicted molar refractivity (Wildman–Crippen MR) is 640 cm³/mol. The average molecular weight is 2100 g/mol. The van der Waals surface area contributed by atoms with Crippen LogP contribution < -0.4 is 0 Å². The molecule has 24 heteroatoms. The summed E-state index contributed by atoms with van der Waals surface area (Å²) in [4.78, 5) is 0. The minimum atomic E-state index is 0.635. The summed E-state index contributed by atoms with van der Waals surface area (Å²) in [5, 5.41) is 66.6. The van der Waals surface area contributed by atoms with Crippen LogP contribution in [0.25, 0.3) is 0 Å². The molecule has 24 nitrogen and oxygen atoms in total. The first-order valence-electron chi connectivity index (χ1n) is 62.7. The molecule has 8 heterocycles. The molecule has 0 saturated carbocycles. The highest BCUT2D eigenvalue weighted by Crippen LogP contribution is 2.23. The summed E-state index contributed by atoms with van der Waals surface area (Å²) < 4.78 is 16.5. The van der Waals surface area contributed by atoms with E-state index in [0.29, 0.717) is 5.92 Å². The molecule has 0 saturated heterocycles. The van der Waals surface area contributed by atoms with Crippen LogP contribution in [0.3, 0.4) is 0 Å². The standard InChI is InChI=1S/7C16H31N3.C14H27N3/c2*1-14(2)9-6-5-7-12-19-16(13-17-18-19)11-8-10-15(3)4;2*1-14(2)9-7-5-6-8-12-19-16(13-17-18-19)11-10-15(3)4;2*1-14(2)9-7-5-6-8-10-16-13-19(18-17-16)12-11-15(3)4;1-14(2)9-7-5-6-8-10-16-13-17-18-19(16)12-11-15(3)4;1-12(2)8-6-5-7-9-14-11-17(16-15-14)10-13(3)4/h7*13-15H,5-12H2,1-4H3;11-13H,5-10H2,1-4H3. The second-order valence-electron chi connectivity index (χ2n) is 51.2. The van der Waals surface area contributed by atoms with Gasteiger partial charge in [-0.25, -0.2) is 23.4 Å². The van der Waals surface area contributed by atoms with Crippen molar-refractivity contribution in [3.8, 4) is 0 Å². The van der Waals surface area contributed by atoms with Crippen LogP contribution in [0.15, 0.2) is 49.6 Å². The second kappa shape index (κ2) is 92.3. The lowest BCUT2D eigenvalue weighted by atomic mass is 10.0. The third-order valence-corrected chi connectivity index (χ3v) is 27.7. The number of aryl methyl sites for hydroxylation is 15. The molecule has 0 fully saturated rings. The Balaban J connectivity index is 0.000000857. The van der Waals surface area contributed by atoms with Gasteiger partial charge in [-0.05, 0) is 242 Å². The van der Waals surface area contributed by atoms with Crippen LogP contribution in [-0.2, 0) is 104 Å². The average Bonchev–Trinajstić information content (AvgIpc) is 1.76. The van der Waals surface area contributed by atoms with Crippen molar-refractivity contribution in [1.82, 2.24) is 120 Å². The lowest BCUT2D eigenvalue weighted by Crippen LogP contribution is -2.07. The van der Waals surface area contributed by atoms with Gasteiger partial charge < -0.3 is 0 Å². The molecule has 0 aliphatic rings. The van der Waals surface area contributed by atoms with Crippen LogP contribution in [0.1, 0.15) is 562 Å². The number of nitrogens with zero attached hydrogens (tertiary/aromatic N) is 24. The minimum absolute atomic E-state index is 0.635. The molecule has 0 radical (unpaired) electrons. The van der Waals surface area contributed by atoms with Gasteiger partial charge in [0.05, 0.1) is 76.5 Å². The molecule has 8 aromatic heterocycles. The molecule has 0 atom stereocenters. The van der Waals surface area contributed by atoms with Gasteiger partial charge in [-0.3, -0.25) is 14.0 Å². The van der Waals surface area contributed by atoms with E-state index in [0.717, 1.165) is 210 Å². The molecule has 8 rings (SSSR count). The molecule has 0 aliphatic carbocycles. The Kier molecular flexibility index (Phi) is 86.8. The maximum Gasteiger partial charge on any atom is 0.0827 e. The van der Waals surface area contributed by atoms with Gasteiger partial charge in [0.2, 0.25) is 0 Å². The molecule has 150 heavy (non-hydrogen) atoms. The maximum atomic E-state index is 4.25. The molecule has 0 unspecified atom stereocenters. The fourth-order valence-corrected chi connectivity index (χ4v) is 17.8. The van der Waals surface area contributed by atoms with Crippen LogP contribution >= 0.6 is 0 Å². The molecule has 8 aromatic rings. The summed E-state index contributed by atoms with van der Waals surface area (Å²) in [6, 6.07) is 0. The maximum absolute atomic E-state index is 4.25. The highest BCUT2D eigenvalue weighted by atomic mass is 15.5. The Hall–Kier alpha value is -6.88. The van der Waals surface area contributed by atoms with Crippen molar-refractivity contribution in [2.75, 3.05) is 0 Å². The van der Waals surface area contributed by atoms with Crippen LogP contribution in [0.4, 0.5) is 0 Å². The van der Waals surface area contributed by atoms with Crippen molar-refractivity contribution < 1.29 is 0 Å². The minimum Gasteiger partial charge on any atom is -0.252 e. The summed E-state index contributed by atoms with van der Waals surface area (Å²) >= 11 is 0. The first kappa shape index (κ1) is 141.